The van der Waals surface area contributed by atoms with Crippen molar-refractivity contribution in [3.63, 3.8) is 0 Å². The number of carboxylic acid groups (broad SMARTS) is 1. The van der Waals surface area contributed by atoms with E-state index in [-0.39, 0.29) is 31.2 Å². The molecule has 0 aliphatic heterocycles. The second kappa shape index (κ2) is 9.57. The summed E-state index contributed by atoms with van der Waals surface area (Å²) in [6.45, 7) is 11.7. The number of carbonyl (C=O) groups is 2. The van der Waals surface area contributed by atoms with Crippen molar-refractivity contribution in [2.45, 2.75) is 65.5 Å². The highest BCUT2D eigenvalue weighted by atomic mass is 16.5. The molecule has 0 fully saturated rings. The molecule has 0 spiro atoms. The molecule has 1 unspecified atom stereocenters. The van der Waals surface area contributed by atoms with Gasteiger partial charge < -0.3 is 19.9 Å². The van der Waals surface area contributed by atoms with Gasteiger partial charge in [0.15, 0.2) is 6.61 Å². The largest absolute Gasteiger partial charge is 0.483 e. The number of carboxylic acids is 1. The molecule has 1 aromatic rings. The van der Waals surface area contributed by atoms with Crippen LogP contribution in [0, 0.1) is 6.92 Å². The third-order valence-electron chi connectivity index (χ3n) is 3.72. The van der Waals surface area contributed by atoms with Gasteiger partial charge in [-0.15, -0.1) is 0 Å². The quantitative estimate of drug-likeness (QED) is 0.701. The lowest BCUT2D eigenvalue weighted by Gasteiger charge is -2.21. The molecule has 6 nitrogen and oxygen atoms in total. The maximum absolute atomic E-state index is 12.1. The SMILES string of the molecule is Cc1ccc(C(C)C)c(OCC(=O)NC(CCOC(C)(C)C)C(=O)O)c1. The normalized spacial score (nSPS) is 12.7. The van der Waals surface area contributed by atoms with E-state index in [0.29, 0.717) is 5.75 Å². The van der Waals surface area contributed by atoms with Gasteiger partial charge in [-0.25, -0.2) is 4.79 Å². The van der Waals surface area contributed by atoms with Gasteiger partial charge in [-0.05, 0) is 50.8 Å². The highest BCUT2D eigenvalue weighted by Crippen LogP contribution is 2.27. The first kappa shape index (κ1) is 22.0. The minimum absolute atomic E-state index is 0.194. The zero-order valence-electron chi connectivity index (χ0n) is 16.6. The van der Waals surface area contributed by atoms with Crippen molar-refractivity contribution < 1.29 is 24.2 Å². The molecule has 1 atom stereocenters. The van der Waals surface area contributed by atoms with Crippen LogP contribution in [0.1, 0.15) is 58.1 Å². The molecule has 0 aliphatic rings. The molecule has 26 heavy (non-hydrogen) atoms. The zero-order chi connectivity index (χ0) is 19.9. The standard InChI is InChI=1S/C20H31NO5/c1-13(2)15-8-7-14(3)11-17(15)25-12-18(22)21-16(19(23)24)9-10-26-20(4,5)6/h7-8,11,13,16H,9-10,12H2,1-6H3,(H,21,22)(H,23,24). The van der Waals surface area contributed by atoms with Crippen LogP contribution in [0.3, 0.4) is 0 Å². The summed E-state index contributed by atoms with van der Waals surface area (Å²) in [7, 11) is 0. The van der Waals surface area contributed by atoms with Gasteiger partial charge in [0.25, 0.3) is 5.91 Å². The van der Waals surface area contributed by atoms with Gasteiger partial charge in [0, 0.05) is 13.0 Å². The highest BCUT2D eigenvalue weighted by Gasteiger charge is 2.21. The van der Waals surface area contributed by atoms with Gasteiger partial charge >= 0.3 is 5.97 Å². The molecule has 0 aromatic heterocycles. The summed E-state index contributed by atoms with van der Waals surface area (Å²) in [6.07, 6.45) is 0.194. The van der Waals surface area contributed by atoms with Crippen LogP contribution in [-0.2, 0) is 14.3 Å². The maximum Gasteiger partial charge on any atom is 0.326 e. The highest BCUT2D eigenvalue weighted by molar-refractivity contribution is 5.84. The smallest absolute Gasteiger partial charge is 0.326 e. The third kappa shape index (κ3) is 7.87. The Bertz CT molecular complexity index is 619. The summed E-state index contributed by atoms with van der Waals surface area (Å²) in [5, 5.41) is 11.8. The maximum atomic E-state index is 12.1. The van der Waals surface area contributed by atoms with Crippen LogP contribution in [0.5, 0.6) is 5.75 Å². The van der Waals surface area contributed by atoms with E-state index >= 15 is 0 Å². The van der Waals surface area contributed by atoms with Crippen LogP contribution in [0.15, 0.2) is 18.2 Å². The number of aliphatic carboxylic acids is 1. The molecule has 146 valence electrons. The Morgan fingerprint density at radius 3 is 2.42 bits per heavy atom. The first-order valence-corrected chi connectivity index (χ1v) is 8.89. The predicted molar refractivity (Wildman–Crippen MR) is 101 cm³/mol. The number of amides is 1. The fraction of sp³-hybridized carbons (Fsp3) is 0.600. The van der Waals surface area contributed by atoms with E-state index < -0.39 is 17.9 Å². The van der Waals surface area contributed by atoms with Crippen LogP contribution in [0.4, 0.5) is 0 Å². The first-order chi connectivity index (χ1) is 12.0. The Morgan fingerprint density at radius 2 is 1.88 bits per heavy atom. The summed E-state index contributed by atoms with van der Waals surface area (Å²) in [5.41, 5.74) is 1.69. The Morgan fingerprint density at radius 1 is 1.23 bits per heavy atom. The van der Waals surface area contributed by atoms with Crippen molar-refractivity contribution in [3.05, 3.63) is 29.3 Å². The second-order valence-corrected chi connectivity index (χ2v) is 7.69. The summed E-state index contributed by atoms with van der Waals surface area (Å²) < 4.78 is 11.2. The monoisotopic (exact) mass is 365 g/mol. The van der Waals surface area contributed by atoms with Gasteiger partial charge in [-0.3, -0.25) is 4.79 Å². The lowest BCUT2D eigenvalue weighted by molar-refractivity contribution is -0.143. The number of rotatable bonds is 9. The fourth-order valence-electron chi connectivity index (χ4n) is 2.36. The number of aryl methyl sites for hydroxylation is 1. The van der Waals surface area contributed by atoms with Crippen LogP contribution in [-0.4, -0.2) is 41.8 Å². The van der Waals surface area contributed by atoms with E-state index in [4.69, 9.17) is 9.47 Å². The van der Waals surface area contributed by atoms with Gasteiger partial charge in [0.2, 0.25) is 0 Å². The molecule has 2 N–H and O–H groups in total. The first-order valence-electron chi connectivity index (χ1n) is 8.89. The molecule has 1 aromatic carbocycles. The number of benzene rings is 1. The summed E-state index contributed by atoms with van der Waals surface area (Å²) in [6, 6.07) is 4.86. The van der Waals surface area contributed by atoms with E-state index in [1.165, 1.54) is 0 Å². The van der Waals surface area contributed by atoms with Gasteiger partial charge in [0.05, 0.1) is 5.60 Å². The Labute approximate surface area is 155 Å². The fourth-order valence-corrected chi connectivity index (χ4v) is 2.36. The molecule has 6 heteroatoms. The van der Waals surface area contributed by atoms with Crippen molar-refractivity contribution in [3.8, 4) is 5.75 Å². The number of ether oxygens (including phenoxy) is 2. The van der Waals surface area contributed by atoms with E-state index in [1.54, 1.807) is 0 Å². The number of nitrogens with one attached hydrogen (secondary N) is 1. The minimum atomic E-state index is -1.09. The van der Waals surface area contributed by atoms with Crippen molar-refractivity contribution in [2.75, 3.05) is 13.2 Å². The molecule has 0 saturated carbocycles. The minimum Gasteiger partial charge on any atom is -0.483 e. The lowest BCUT2D eigenvalue weighted by Crippen LogP contribution is -2.44. The van der Waals surface area contributed by atoms with Crippen molar-refractivity contribution in [2.24, 2.45) is 0 Å². The Hall–Kier alpha value is -2.08. The van der Waals surface area contributed by atoms with Crippen molar-refractivity contribution in [1.29, 1.82) is 0 Å². The lowest BCUT2D eigenvalue weighted by atomic mass is 10.0. The zero-order valence-corrected chi connectivity index (χ0v) is 16.6. The van der Waals surface area contributed by atoms with E-state index in [2.05, 4.69) is 5.32 Å². The van der Waals surface area contributed by atoms with Crippen molar-refractivity contribution >= 4 is 11.9 Å². The van der Waals surface area contributed by atoms with E-state index in [0.717, 1.165) is 11.1 Å². The molecule has 0 radical (unpaired) electrons. The number of carbonyl (C=O) groups excluding carboxylic acids is 1. The molecular weight excluding hydrogens is 334 g/mol. The average molecular weight is 365 g/mol. The number of hydrogen-bond acceptors (Lipinski definition) is 4. The summed E-state index contributed by atoms with van der Waals surface area (Å²) >= 11 is 0. The number of hydrogen-bond donors (Lipinski definition) is 2. The van der Waals surface area contributed by atoms with Gasteiger partial charge in [0.1, 0.15) is 11.8 Å². The molecular formula is C20H31NO5. The van der Waals surface area contributed by atoms with E-state index in [9.17, 15) is 14.7 Å². The summed E-state index contributed by atoms with van der Waals surface area (Å²) in [5.74, 6) is -0.647. The van der Waals surface area contributed by atoms with Gasteiger partial charge in [-0.1, -0.05) is 26.0 Å². The molecule has 0 heterocycles. The van der Waals surface area contributed by atoms with Gasteiger partial charge in [-0.2, -0.15) is 0 Å². The topological polar surface area (TPSA) is 84.9 Å². The van der Waals surface area contributed by atoms with E-state index in [1.807, 2.05) is 59.7 Å². The predicted octanol–water partition coefficient (Wildman–Crippen LogP) is 3.27. The van der Waals surface area contributed by atoms with Crippen LogP contribution >= 0.6 is 0 Å². The average Bonchev–Trinajstić information content (AvgIpc) is 2.50. The Kier molecular flexibility index (Phi) is 8.08. The van der Waals surface area contributed by atoms with Crippen LogP contribution in [0.2, 0.25) is 0 Å². The summed E-state index contributed by atoms with van der Waals surface area (Å²) in [4.78, 5) is 23.5. The second-order valence-electron chi connectivity index (χ2n) is 7.69. The molecule has 1 amide bonds. The van der Waals surface area contributed by atoms with Crippen LogP contribution in [0.25, 0.3) is 0 Å². The van der Waals surface area contributed by atoms with Crippen molar-refractivity contribution in [1.82, 2.24) is 5.32 Å². The molecule has 0 bridgehead atoms. The molecule has 0 saturated heterocycles. The third-order valence-corrected chi connectivity index (χ3v) is 3.72. The molecule has 1 rings (SSSR count). The molecule has 0 aliphatic carbocycles. The van der Waals surface area contributed by atoms with Crippen LogP contribution < -0.4 is 10.1 Å². The Balaban J connectivity index is 2.61.